The minimum atomic E-state index is -0.482. The highest BCUT2D eigenvalue weighted by atomic mass is 32.2. The monoisotopic (exact) mass is 476 g/mol. The summed E-state index contributed by atoms with van der Waals surface area (Å²) in [6.07, 6.45) is 2.33. The van der Waals surface area contributed by atoms with Crippen molar-refractivity contribution < 1.29 is 23.3 Å². The van der Waals surface area contributed by atoms with E-state index in [1.54, 1.807) is 4.90 Å². The summed E-state index contributed by atoms with van der Waals surface area (Å²) in [5.41, 5.74) is 0.682. The zero-order valence-corrected chi connectivity index (χ0v) is 20.5. The van der Waals surface area contributed by atoms with Gasteiger partial charge < -0.3 is 19.1 Å². The van der Waals surface area contributed by atoms with Crippen molar-refractivity contribution >= 4 is 23.8 Å². The number of aromatic nitrogens is 2. The Bertz CT molecular complexity index is 922. The van der Waals surface area contributed by atoms with Crippen LogP contribution in [0.15, 0.2) is 33.7 Å². The van der Waals surface area contributed by atoms with E-state index in [0.29, 0.717) is 19.0 Å². The third-order valence-electron chi connectivity index (χ3n) is 5.91. The lowest BCUT2D eigenvalue weighted by atomic mass is 9.97. The normalized spacial score (nSPS) is 19.8. The summed E-state index contributed by atoms with van der Waals surface area (Å²) in [4.78, 5) is 26.7. The van der Waals surface area contributed by atoms with Crippen molar-refractivity contribution in [3.05, 3.63) is 36.0 Å². The molecule has 0 N–H and O–H groups in total. The van der Waals surface area contributed by atoms with Crippen LogP contribution in [-0.4, -0.2) is 60.0 Å². The highest BCUT2D eigenvalue weighted by Crippen LogP contribution is 2.33. The van der Waals surface area contributed by atoms with Crippen LogP contribution in [0, 0.1) is 0 Å². The smallest absolute Gasteiger partial charge is 0.410 e. The van der Waals surface area contributed by atoms with Gasteiger partial charge in [-0.25, -0.2) is 9.68 Å². The number of anilines is 1. The predicted octanol–water partition coefficient (Wildman–Crippen LogP) is 4.76. The quantitative estimate of drug-likeness (QED) is 0.332. The molecule has 2 fully saturated rings. The molecule has 2 aromatic rings. The first kappa shape index (κ1) is 23.8. The minimum absolute atomic E-state index is 0.182. The predicted molar refractivity (Wildman–Crippen MR) is 124 cm³/mol. The van der Waals surface area contributed by atoms with E-state index >= 15 is 0 Å². The molecule has 0 bridgehead atoms. The fourth-order valence-electron chi connectivity index (χ4n) is 4.21. The van der Waals surface area contributed by atoms with E-state index < -0.39 is 5.60 Å². The van der Waals surface area contributed by atoms with Crippen LogP contribution in [-0.2, 0) is 14.0 Å². The Labute approximate surface area is 198 Å². The van der Waals surface area contributed by atoms with Gasteiger partial charge in [0.1, 0.15) is 5.60 Å². The SMILES string of the molecule is COOSc1ccc(N2CCC(c3noc(C4CCN(C(=O)OC(C)(C)C)CC4)n3)C2)cc1. The van der Waals surface area contributed by atoms with E-state index in [0.717, 1.165) is 48.8 Å². The molecule has 1 atom stereocenters. The minimum Gasteiger partial charge on any atom is -0.444 e. The number of carbonyl (C=O) groups excluding carboxylic acids is 1. The Morgan fingerprint density at radius 2 is 1.79 bits per heavy atom. The molecule has 1 aromatic heterocycles. The summed E-state index contributed by atoms with van der Waals surface area (Å²) in [5, 5.41) is 4.30. The van der Waals surface area contributed by atoms with Gasteiger partial charge in [-0.3, -0.25) is 0 Å². The average Bonchev–Trinajstić information content (AvgIpc) is 3.47. The van der Waals surface area contributed by atoms with E-state index in [1.807, 2.05) is 32.9 Å². The molecular formula is C23H32N4O5S. The van der Waals surface area contributed by atoms with Crippen LogP contribution in [0.5, 0.6) is 0 Å². The summed E-state index contributed by atoms with van der Waals surface area (Å²) in [7, 11) is 1.49. The maximum atomic E-state index is 12.3. The van der Waals surface area contributed by atoms with Gasteiger partial charge in [-0.2, -0.15) is 9.32 Å². The molecule has 2 saturated heterocycles. The molecule has 1 unspecified atom stereocenters. The lowest BCUT2D eigenvalue weighted by Gasteiger charge is -2.32. The molecule has 0 spiro atoms. The number of rotatable bonds is 6. The zero-order chi connectivity index (χ0) is 23.4. The van der Waals surface area contributed by atoms with Crippen molar-refractivity contribution in [2.24, 2.45) is 0 Å². The highest BCUT2D eigenvalue weighted by Gasteiger charge is 2.32. The molecule has 1 aromatic carbocycles. The largest absolute Gasteiger partial charge is 0.444 e. The molecule has 2 aliphatic rings. The number of likely N-dealkylation sites (tertiary alicyclic amines) is 1. The summed E-state index contributed by atoms with van der Waals surface area (Å²) in [5.74, 6) is 1.89. The fourth-order valence-corrected chi connectivity index (χ4v) is 4.60. The van der Waals surface area contributed by atoms with E-state index in [1.165, 1.54) is 19.2 Å². The molecule has 0 saturated carbocycles. The van der Waals surface area contributed by atoms with Gasteiger partial charge >= 0.3 is 6.09 Å². The van der Waals surface area contributed by atoms with Crippen molar-refractivity contribution in [1.82, 2.24) is 15.0 Å². The summed E-state index contributed by atoms with van der Waals surface area (Å²) < 4.78 is 16.0. The fraction of sp³-hybridized carbons (Fsp3) is 0.609. The molecule has 9 nitrogen and oxygen atoms in total. The number of ether oxygens (including phenoxy) is 1. The molecule has 1 amide bonds. The van der Waals surface area contributed by atoms with Gasteiger partial charge in [0.15, 0.2) is 5.82 Å². The first-order chi connectivity index (χ1) is 15.8. The van der Waals surface area contributed by atoms with Gasteiger partial charge in [-0.15, -0.1) is 0 Å². The van der Waals surface area contributed by atoms with Crippen LogP contribution < -0.4 is 4.90 Å². The van der Waals surface area contributed by atoms with E-state index in [-0.39, 0.29) is 17.9 Å². The second-order valence-electron chi connectivity index (χ2n) is 9.48. The van der Waals surface area contributed by atoms with E-state index in [9.17, 15) is 4.79 Å². The Hall–Kier alpha value is -2.30. The highest BCUT2D eigenvalue weighted by molar-refractivity contribution is 7.94. The van der Waals surface area contributed by atoms with Crippen LogP contribution in [0.25, 0.3) is 0 Å². The Balaban J connectivity index is 1.29. The van der Waals surface area contributed by atoms with Crippen molar-refractivity contribution in [1.29, 1.82) is 0 Å². The molecule has 10 heteroatoms. The Morgan fingerprint density at radius 3 is 2.45 bits per heavy atom. The second-order valence-corrected chi connectivity index (χ2v) is 10.3. The standard InChI is InChI=1S/C23H32N4O5S/c1-23(2,3)30-22(28)26-12-9-16(10-13-26)21-24-20(25-31-21)17-11-14-27(15-17)18-5-7-19(8-6-18)33-32-29-4/h5-8,16-17H,9-15H2,1-4H3. The Kier molecular flexibility index (Phi) is 7.45. The van der Waals surface area contributed by atoms with Crippen LogP contribution in [0.3, 0.4) is 0 Å². The van der Waals surface area contributed by atoms with Gasteiger partial charge in [0.05, 0.1) is 19.2 Å². The van der Waals surface area contributed by atoms with Crippen molar-refractivity contribution in [3.8, 4) is 0 Å². The molecule has 180 valence electrons. The van der Waals surface area contributed by atoms with Crippen LogP contribution in [0.2, 0.25) is 0 Å². The number of hydrogen-bond donors (Lipinski definition) is 0. The average molecular weight is 477 g/mol. The third-order valence-corrected chi connectivity index (χ3v) is 6.58. The third kappa shape index (κ3) is 6.18. The first-order valence-corrected chi connectivity index (χ1v) is 12.1. The first-order valence-electron chi connectivity index (χ1n) is 11.4. The number of benzene rings is 1. The van der Waals surface area contributed by atoms with Crippen LogP contribution >= 0.6 is 12.0 Å². The number of piperidine rings is 1. The molecule has 0 radical (unpaired) electrons. The van der Waals surface area contributed by atoms with Gasteiger partial charge in [-0.1, -0.05) is 5.16 Å². The van der Waals surface area contributed by atoms with Gasteiger partial charge in [0.25, 0.3) is 0 Å². The van der Waals surface area contributed by atoms with Gasteiger partial charge in [0, 0.05) is 48.6 Å². The molecular weight excluding hydrogens is 444 g/mol. The lowest BCUT2D eigenvalue weighted by molar-refractivity contribution is -0.160. The number of hydrogen-bond acceptors (Lipinski definition) is 9. The van der Waals surface area contributed by atoms with Crippen LogP contribution in [0.1, 0.15) is 63.6 Å². The second kappa shape index (κ2) is 10.3. The maximum absolute atomic E-state index is 12.3. The van der Waals surface area contributed by atoms with Gasteiger partial charge in [0.2, 0.25) is 5.89 Å². The van der Waals surface area contributed by atoms with E-state index in [2.05, 4.69) is 27.1 Å². The van der Waals surface area contributed by atoms with Crippen molar-refractivity contribution in [2.75, 3.05) is 38.2 Å². The summed E-state index contributed by atoms with van der Waals surface area (Å²) in [6.45, 7) is 8.73. The van der Waals surface area contributed by atoms with Crippen molar-refractivity contribution in [2.45, 2.75) is 62.4 Å². The number of carbonyl (C=O) groups is 1. The molecule has 3 heterocycles. The summed E-state index contributed by atoms with van der Waals surface area (Å²) >= 11 is 1.19. The Morgan fingerprint density at radius 1 is 1.09 bits per heavy atom. The molecule has 2 aliphatic heterocycles. The number of nitrogens with zero attached hydrogens (tertiary/aromatic N) is 4. The molecule has 4 rings (SSSR count). The van der Waals surface area contributed by atoms with Gasteiger partial charge in [-0.05, 0) is 64.3 Å². The lowest BCUT2D eigenvalue weighted by Crippen LogP contribution is -2.41. The topological polar surface area (TPSA) is 90.2 Å². The van der Waals surface area contributed by atoms with Crippen molar-refractivity contribution in [3.63, 3.8) is 0 Å². The molecule has 33 heavy (non-hydrogen) atoms. The van der Waals surface area contributed by atoms with E-state index in [4.69, 9.17) is 18.6 Å². The summed E-state index contributed by atoms with van der Waals surface area (Å²) in [6, 6.07) is 8.21. The maximum Gasteiger partial charge on any atom is 0.410 e. The van der Waals surface area contributed by atoms with Crippen LogP contribution in [0.4, 0.5) is 10.5 Å². The zero-order valence-electron chi connectivity index (χ0n) is 19.7. The number of amides is 1. The molecule has 0 aliphatic carbocycles.